The minimum absolute atomic E-state index is 0.637. The van der Waals surface area contributed by atoms with Crippen LogP contribution in [0.1, 0.15) is 31.2 Å². The maximum Gasteiger partial charge on any atom is 0.101 e. The van der Waals surface area contributed by atoms with Crippen molar-refractivity contribution in [3.8, 4) is 6.07 Å². The highest BCUT2D eigenvalue weighted by Crippen LogP contribution is 2.36. The Morgan fingerprint density at radius 3 is 2.85 bits per heavy atom. The van der Waals surface area contributed by atoms with Crippen LogP contribution in [0.2, 0.25) is 0 Å². The molecule has 1 saturated heterocycles. The monoisotopic (exact) mass is 333 g/mol. The lowest BCUT2D eigenvalue weighted by molar-refractivity contribution is 0.376. The predicted octanol–water partition coefficient (Wildman–Crippen LogP) is 3.29. The van der Waals surface area contributed by atoms with Gasteiger partial charge >= 0.3 is 0 Å². The van der Waals surface area contributed by atoms with Crippen LogP contribution < -0.4 is 10.2 Å². The summed E-state index contributed by atoms with van der Waals surface area (Å²) in [6, 6.07) is 8.96. The Balaban J connectivity index is 1.83. The largest absolute Gasteiger partial charge is 0.367 e. The van der Waals surface area contributed by atoms with E-state index in [4.69, 9.17) is 0 Å². The van der Waals surface area contributed by atoms with Gasteiger partial charge in [0.2, 0.25) is 0 Å². The number of hydrogen-bond acceptors (Lipinski definition) is 3. The Hall–Kier alpha value is -1.05. The predicted molar refractivity (Wildman–Crippen MR) is 84.8 cm³/mol. The number of anilines is 1. The maximum absolute atomic E-state index is 9.36. The fourth-order valence-corrected chi connectivity index (χ4v) is 3.37. The SMILES string of the molecule is N#Cc1ccc(Br)cc1N(CC1CCCNC1)C1CC1. The van der Waals surface area contributed by atoms with Crippen LogP contribution in [0.5, 0.6) is 0 Å². The minimum Gasteiger partial charge on any atom is -0.367 e. The quantitative estimate of drug-likeness (QED) is 0.918. The summed E-state index contributed by atoms with van der Waals surface area (Å²) in [5.74, 6) is 0.704. The third-order valence-corrected chi connectivity index (χ3v) is 4.72. The molecule has 20 heavy (non-hydrogen) atoms. The van der Waals surface area contributed by atoms with E-state index in [-0.39, 0.29) is 0 Å². The zero-order chi connectivity index (χ0) is 13.9. The average Bonchev–Trinajstić information content (AvgIpc) is 3.30. The van der Waals surface area contributed by atoms with E-state index in [1.807, 2.05) is 12.1 Å². The lowest BCUT2D eigenvalue weighted by atomic mass is 9.98. The number of halogens is 1. The van der Waals surface area contributed by atoms with E-state index in [0.29, 0.717) is 12.0 Å². The van der Waals surface area contributed by atoms with E-state index in [0.717, 1.165) is 35.4 Å². The van der Waals surface area contributed by atoms with Crippen LogP contribution in [0, 0.1) is 17.2 Å². The van der Waals surface area contributed by atoms with Crippen LogP contribution >= 0.6 is 15.9 Å². The molecular weight excluding hydrogens is 314 g/mol. The minimum atomic E-state index is 0.637. The molecule has 1 aliphatic carbocycles. The molecule has 106 valence electrons. The number of nitrogens with one attached hydrogen (secondary N) is 1. The van der Waals surface area contributed by atoms with Crippen LogP contribution in [-0.4, -0.2) is 25.7 Å². The molecule has 1 aliphatic heterocycles. The molecule has 2 fully saturated rings. The molecule has 0 spiro atoms. The van der Waals surface area contributed by atoms with Gasteiger partial charge < -0.3 is 10.2 Å². The molecule has 0 aromatic heterocycles. The molecular formula is C16H20BrN3. The average molecular weight is 334 g/mol. The van der Waals surface area contributed by atoms with Crippen molar-refractivity contribution < 1.29 is 0 Å². The second-order valence-corrected chi connectivity index (χ2v) is 6.78. The number of benzene rings is 1. The van der Waals surface area contributed by atoms with Crippen LogP contribution in [0.3, 0.4) is 0 Å². The highest BCUT2D eigenvalue weighted by atomic mass is 79.9. The highest BCUT2D eigenvalue weighted by molar-refractivity contribution is 9.10. The van der Waals surface area contributed by atoms with Crippen molar-refractivity contribution in [1.82, 2.24) is 5.32 Å². The first kappa shape index (κ1) is 13.9. The van der Waals surface area contributed by atoms with Gasteiger partial charge in [-0.25, -0.2) is 0 Å². The molecule has 1 unspecified atom stereocenters. The van der Waals surface area contributed by atoms with Crippen LogP contribution in [0.15, 0.2) is 22.7 Å². The standard InChI is InChI=1S/C16H20BrN3/c17-14-4-3-13(9-18)16(8-14)20(15-5-6-15)11-12-2-1-7-19-10-12/h3-4,8,12,15,19H,1-2,5-7,10-11H2. The topological polar surface area (TPSA) is 39.1 Å². The van der Waals surface area contributed by atoms with Crippen molar-refractivity contribution in [2.24, 2.45) is 5.92 Å². The zero-order valence-corrected chi connectivity index (χ0v) is 13.2. The van der Waals surface area contributed by atoms with Gasteiger partial charge in [-0.3, -0.25) is 0 Å². The molecule has 1 heterocycles. The molecule has 1 atom stereocenters. The van der Waals surface area contributed by atoms with Crippen molar-refractivity contribution in [2.75, 3.05) is 24.5 Å². The molecule has 0 amide bonds. The molecule has 2 aliphatic rings. The second kappa shape index (κ2) is 6.15. The van der Waals surface area contributed by atoms with Crippen molar-refractivity contribution >= 4 is 21.6 Å². The smallest absolute Gasteiger partial charge is 0.101 e. The van der Waals surface area contributed by atoms with Gasteiger partial charge in [-0.2, -0.15) is 5.26 Å². The van der Waals surface area contributed by atoms with Crippen molar-refractivity contribution in [1.29, 1.82) is 5.26 Å². The van der Waals surface area contributed by atoms with Crippen LogP contribution in [0.25, 0.3) is 0 Å². The van der Waals surface area contributed by atoms with Crippen molar-refractivity contribution in [3.05, 3.63) is 28.2 Å². The molecule has 1 aromatic carbocycles. The fourth-order valence-electron chi connectivity index (χ4n) is 3.03. The van der Waals surface area contributed by atoms with Gasteiger partial charge in [0.05, 0.1) is 11.3 Å². The third-order valence-electron chi connectivity index (χ3n) is 4.23. The first-order valence-corrected chi connectivity index (χ1v) is 8.24. The summed E-state index contributed by atoms with van der Waals surface area (Å²) >= 11 is 3.54. The van der Waals surface area contributed by atoms with E-state index in [1.165, 1.54) is 25.7 Å². The summed E-state index contributed by atoms with van der Waals surface area (Å²) in [7, 11) is 0. The van der Waals surface area contributed by atoms with E-state index in [1.54, 1.807) is 0 Å². The van der Waals surface area contributed by atoms with Gasteiger partial charge in [0.1, 0.15) is 6.07 Å². The Bertz CT molecular complexity index is 513. The molecule has 3 rings (SSSR count). The fraction of sp³-hybridized carbons (Fsp3) is 0.562. The molecule has 3 nitrogen and oxygen atoms in total. The number of nitrogens with zero attached hydrogens (tertiary/aromatic N) is 2. The van der Waals surface area contributed by atoms with Gasteiger partial charge in [0.25, 0.3) is 0 Å². The molecule has 1 N–H and O–H groups in total. The lowest BCUT2D eigenvalue weighted by Gasteiger charge is -2.32. The molecule has 0 bridgehead atoms. The number of nitriles is 1. The number of hydrogen-bond donors (Lipinski definition) is 1. The first-order chi connectivity index (χ1) is 9.78. The Kier molecular flexibility index (Phi) is 4.28. The molecule has 1 aromatic rings. The van der Waals surface area contributed by atoms with E-state index in [9.17, 15) is 5.26 Å². The normalized spacial score (nSPS) is 22.3. The van der Waals surface area contributed by atoms with Gasteiger partial charge in [-0.05, 0) is 62.9 Å². The Morgan fingerprint density at radius 1 is 1.35 bits per heavy atom. The summed E-state index contributed by atoms with van der Waals surface area (Å²) in [6.45, 7) is 3.34. The molecule has 1 saturated carbocycles. The van der Waals surface area contributed by atoms with Gasteiger partial charge in [-0.15, -0.1) is 0 Å². The summed E-state index contributed by atoms with van der Waals surface area (Å²) in [6.07, 6.45) is 5.09. The summed E-state index contributed by atoms with van der Waals surface area (Å²) in [4.78, 5) is 2.47. The number of rotatable bonds is 4. The maximum atomic E-state index is 9.36. The summed E-state index contributed by atoms with van der Waals surface area (Å²) in [5, 5.41) is 12.9. The Labute approximate surface area is 129 Å². The highest BCUT2D eigenvalue weighted by Gasteiger charge is 2.32. The Morgan fingerprint density at radius 2 is 2.20 bits per heavy atom. The van der Waals surface area contributed by atoms with Gasteiger partial charge in [-0.1, -0.05) is 15.9 Å². The van der Waals surface area contributed by atoms with E-state index >= 15 is 0 Å². The zero-order valence-electron chi connectivity index (χ0n) is 11.6. The lowest BCUT2D eigenvalue weighted by Crippen LogP contribution is -2.39. The van der Waals surface area contributed by atoms with Gasteiger partial charge in [0, 0.05) is 17.1 Å². The molecule has 4 heteroatoms. The summed E-state index contributed by atoms with van der Waals surface area (Å²) in [5.41, 5.74) is 1.90. The summed E-state index contributed by atoms with van der Waals surface area (Å²) < 4.78 is 1.05. The van der Waals surface area contributed by atoms with Crippen LogP contribution in [0.4, 0.5) is 5.69 Å². The number of piperidine rings is 1. The van der Waals surface area contributed by atoms with Crippen molar-refractivity contribution in [2.45, 2.75) is 31.7 Å². The molecule has 0 radical (unpaired) electrons. The first-order valence-electron chi connectivity index (χ1n) is 7.45. The third kappa shape index (κ3) is 3.16. The van der Waals surface area contributed by atoms with Crippen LogP contribution in [-0.2, 0) is 0 Å². The van der Waals surface area contributed by atoms with E-state index < -0.39 is 0 Å². The van der Waals surface area contributed by atoms with Gasteiger partial charge in [0.15, 0.2) is 0 Å². The van der Waals surface area contributed by atoms with E-state index in [2.05, 4.69) is 38.3 Å². The van der Waals surface area contributed by atoms with Crippen molar-refractivity contribution in [3.63, 3.8) is 0 Å². The second-order valence-electron chi connectivity index (χ2n) is 5.87.